The van der Waals surface area contributed by atoms with Crippen LogP contribution in [0.15, 0.2) is 36.7 Å². The molecular weight excluding hydrogens is 409 g/mol. The summed E-state index contributed by atoms with van der Waals surface area (Å²) in [5, 5.41) is 0. The summed E-state index contributed by atoms with van der Waals surface area (Å²) in [6, 6.07) is 5.00. The molecule has 2 saturated heterocycles. The van der Waals surface area contributed by atoms with E-state index >= 15 is 0 Å². The second-order valence-corrected chi connectivity index (χ2v) is 8.46. The van der Waals surface area contributed by atoms with Crippen molar-refractivity contribution in [2.45, 2.75) is 63.0 Å². The Balaban J connectivity index is 1.27. The van der Waals surface area contributed by atoms with Gasteiger partial charge in [-0.25, -0.2) is 9.78 Å². The van der Waals surface area contributed by atoms with E-state index in [0.717, 1.165) is 43.5 Å². The minimum Gasteiger partial charge on any atom is -0.452 e. The number of alkyl halides is 3. The lowest BCUT2D eigenvalue weighted by Gasteiger charge is -2.40. The number of carbonyl (C=O) groups excluding carboxylic acids is 1. The normalized spacial score (nSPS) is 23.8. The molecule has 1 aromatic carbocycles. The summed E-state index contributed by atoms with van der Waals surface area (Å²) in [5.41, 5.74) is 0.723. The van der Waals surface area contributed by atoms with Gasteiger partial charge in [0.05, 0.1) is 23.7 Å². The third-order valence-electron chi connectivity index (χ3n) is 6.20. The van der Waals surface area contributed by atoms with Crippen molar-refractivity contribution < 1.29 is 22.7 Å². The summed E-state index contributed by atoms with van der Waals surface area (Å²) in [6.45, 7) is 0.646. The molecule has 0 radical (unpaired) electrons. The van der Waals surface area contributed by atoms with Crippen LogP contribution in [0.5, 0.6) is 5.88 Å². The predicted molar refractivity (Wildman–Crippen MR) is 105 cm³/mol. The number of urea groups is 1. The van der Waals surface area contributed by atoms with Crippen LogP contribution in [0.4, 0.5) is 18.0 Å². The maximum Gasteiger partial charge on any atom is 0.416 e. The molecule has 1 saturated carbocycles. The Morgan fingerprint density at radius 3 is 2.61 bits per heavy atom. The number of ether oxygens (including phenoxy) is 1. The summed E-state index contributed by atoms with van der Waals surface area (Å²) in [6.07, 6.45) is 3.07. The average Bonchev–Trinajstić information content (AvgIpc) is 3.52. The molecule has 0 unspecified atom stereocenters. The van der Waals surface area contributed by atoms with Gasteiger partial charge < -0.3 is 9.64 Å². The fourth-order valence-corrected chi connectivity index (χ4v) is 4.42. The molecule has 2 atom stereocenters. The van der Waals surface area contributed by atoms with Crippen LogP contribution < -0.4 is 4.74 Å². The van der Waals surface area contributed by atoms with E-state index in [0.29, 0.717) is 30.3 Å². The van der Waals surface area contributed by atoms with Crippen LogP contribution in [0.2, 0.25) is 0 Å². The molecule has 1 aromatic heterocycles. The molecule has 3 heterocycles. The molecule has 0 bridgehead atoms. The third-order valence-corrected chi connectivity index (χ3v) is 6.20. The SMILES string of the molecule is O=C1N(Cc2cccc(C(F)(F)F)c2)CC[C@H]2CC[C@@H](Oc3cnc(C4CC4)cn3)N12. The van der Waals surface area contributed by atoms with E-state index in [1.54, 1.807) is 28.3 Å². The van der Waals surface area contributed by atoms with E-state index in [4.69, 9.17) is 4.74 Å². The first kappa shape index (κ1) is 20.1. The summed E-state index contributed by atoms with van der Waals surface area (Å²) in [4.78, 5) is 25.2. The topological polar surface area (TPSA) is 58.6 Å². The highest BCUT2D eigenvalue weighted by atomic mass is 19.4. The molecule has 3 aliphatic rings. The van der Waals surface area contributed by atoms with Gasteiger partial charge in [0.15, 0.2) is 6.23 Å². The molecule has 0 spiro atoms. The lowest BCUT2D eigenvalue weighted by molar-refractivity contribution is -0.137. The highest BCUT2D eigenvalue weighted by Crippen LogP contribution is 2.39. The highest BCUT2D eigenvalue weighted by molar-refractivity contribution is 5.76. The van der Waals surface area contributed by atoms with Crippen LogP contribution >= 0.6 is 0 Å². The Labute approximate surface area is 178 Å². The monoisotopic (exact) mass is 432 g/mol. The van der Waals surface area contributed by atoms with E-state index in [1.165, 1.54) is 6.07 Å². The van der Waals surface area contributed by atoms with Gasteiger partial charge >= 0.3 is 12.2 Å². The van der Waals surface area contributed by atoms with Crippen LogP contribution in [0, 0.1) is 0 Å². The molecular formula is C22H23F3N4O2. The molecule has 6 nitrogen and oxygen atoms in total. The number of rotatable bonds is 5. The van der Waals surface area contributed by atoms with Gasteiger partial charge in [0.2, 0.25) is 5.88 Å². The van der Waals surface area contributed by atoms with Crippen LogP contribution in [0.3, 0.4) is 0 Å². The predicted octanol–water partition coefficient (Wildman–Crippen LogP) is 4.57. The van der Waals surface area contributed by atoms with E-state index in [9.17, 15) is 18.0 Å². The van der Waals surface area contributed by atoms with Gasteiger partial charge in [-0.1, -0.05) is 12.1 Å². The van der Waals surface area contributed by atoms with Gasteiger partial charge in [-0.2, -0.15) is 13.2 Å². The number of hydrogen-bond donors (Lipinski definition) is 0. The fourth-order valence-electron chi connectivity index (χ4n) is 4.42. The number of halogens is 3. The first-order valence-electron chi connectivity index (χ1n) is 10.6. The van der Waals surface area contributed by atoms with Crippen LogP contribution in [-0.2, 0) is 12.7 Å². The maximum atomic E-state index is 13.2. The Morgan fingerprint density at radius 1 is 1.06 bits per heavy atom. The molecule has 3 fully saturated rings. The van der Waals surface area contributed by atoms with E-state index < -0.39 is 18.0 Å². The van der Waals surface area contributed by atoms with Crippen molar-refractivity contribution >= 4 is 6.03 Å². The quantitative estimate of drug-likeness (QED) is 0.695. The van der Waals surface area contributed by atoms with Gasteiger partial charge in [0.1, 0.15) is 0 Å². The second-order valence-electron chi connectivity index (χ2n) is 8.46. The van der Waals surface area contributed by atoms with Crippen LogP contribution in [-0.4, -0.2) is 44.6 Å². The van der Waals surface area contributed by atoms with E-state index in [1.807, 2.05) is 0 Å². The van der Waals surface area contributed by atoms with Crippen molar-refractivity contribution in [2.24, 2.45) is 0 Å². The smallest absolute Gasteiger partial charge is 0.416 e. The summed E-state index contributed by atoms with van der Waals surface area (Å²) in [5.74, 6) is 0.892. The Hall–Kier alpha value is -2.84. The molecule has 0 N–H and O–H groups in total. The highest BCUT2D eigenvalue weighted by Gasteiger charge is 2.43. The van der Waals surface area contributed by atoms with Crippen molar-refractivity contribution in [3.05, 3.63) is 53.5 Å². The van der Waals surface area contributed by atoms with Gasteiger partial charge in [-0.15, -0.1) is 0 Å². The lowest BCUT2D eigenvalue weighted by Crippen LogP contribution is -2.55. The summed E-state index contributed by atoms with van der Waals surface area (Å²) in [7, 11) is 0. The number of aromatic nitrogens is 2. The van der Waals surface area contributed by atoms with Gasteiger partial charge in [-0.3, -0.25) is 9.88 Å². The largest absolute Gasteiger partial charge is 0.452 e. The fraction of sp³-hybridized carbons (Fsp3) is 0.500. The number of nitrogens with zero attached hydrogens (tertiary/aromatic N) is 4. The molecule has 9 heteroatoms. The number of hydrogen-bond acceptors (Lipinski definition) is 4. The molecule has 5 rings (SSSR count). The summed E-state index contributed by atoms with van der Waals surface area (Å²) >= 11 is 0. The lowest BCUT2D eigenvalue weighted by atomic mass is 10.1. The van der Waals surface area contributed by atoms with Crippen molar-refractivity contribution in [1.82, 2.24) is 19.8 Å². The Bertz CT molecular complexity index is 962. The zero-order valence-electron chi connectivity index (χ0n) is 16.9. The molecule has 1 aliphatic carbocycles. The van der Waals surface area contributed by atoms with E-state index in [2.05, 4.69) is 9.97 Å². The van der Waals surface area contributed by atoms with Crippen LogP contribution in [0.25, 0.3) is 0 Å². The number of fused-ring (bicyclic) bond motifs is 1. The van der Waals surface area contributed by atoms with Gasteiger partial charge in [-0.05, 0) is 43.4 Å². The maximum absolute atomic E-state index is 13.2. The summed E-state index contributed by atoms with van der Waals surface area (Å²) < 4.78 is 45.0. The number of carbonyl (C=O) groups is 1. The molecule has 31 heavy (non-hydrogen) atoms. The van der Waals surface area contributed by atoms with Crippen molar-refractivity contribution in [1.29, 1.82) is 0 Å². The minimum absolute atomic E-state index is 0.0777. The Morgan fingerprint density at radius 2 is 1.90 bits per heavy atom. The zero-order chi connectivity index (χ0) is 21.6. The van der Waals surface area contributed by atoms with Gasteiger partial charge in [0.25, 0.3) is 0 Å². The number of benzene rings is 1. The van der Waals surface area contributed by atoms with E-state index in [-0.39, 0.29) is 18.6 Å². The van der Waals surface area contributed by atoms with Crippen molar-refractivity contribution in [3.8, 4) is 5.88 Å². The second kappa shape index (κ2) is 7.69. The third kappa shape index (κ3) is 4.18. The molecule has 164 valence electrons. The molecule has 2 amide bonds. The first-order valence-corrected chi connectivity index (χ1v) is 10.6. The first-order chi connectivity index (χ1) is 14.9. The number of amides is 2. The standard InChI is InChI=1S/C22H23F3N4O2/c23-22(24,25)16-3-1-2-14(10-16)13-28-9-8-17-6-7-20(29(17)21(28)30)31-19-12-26-18(11-27-19)15-4-5-15/h1-3,10-12,15,17,20H,4-9,13H2/t17-,20-/m1/s1. The molecule has 2 aliphatic heterocycles. The van der Waals surface area contributed by atoms with Crippen molar-refractivity contribution in [3.63, 3.8) is 0 Å². The minimum atomic E-state index is -4.41. The Kier molecular flexibility index (Phi) is 4.98. The van der Waals surface area contributed by atoms with Crippen LogP contribution in [0.1, 0.15) is 54.8 Å². The zero-order valence-corrected chi connectivity index (χ0v) is 16.9. The molecule has 2 aromatic rings. The van der Waals surface area contributed by atoms with Gasteiger partial charge in [0, 0.05) is 31.5 Å². The van der Waals surface area contributed by atoms with Crippen molar-refractivity contribution in [2.75, 3.05) is 6.54 Å². The average molecular weight is 432 g/mol.